The zero-order valence-electron chi connectivity index (χ0n) is 6.54. The van der Waals surface area contributed by atoms with Crippen molar-refractivity contribution in [1.29, 1.82) is 0 Å². The van der Waals surface area contributed by atoms with Gasteiger partial charge in [0.2, 0.25) is 10.0 Å². The van der Waals surface area contributed by atoms with E-state index >= 15 is 0 Å². The lowest BCUT2D eigenvalue weighted by Gasteiger charge is -1.99. The van der Waals surface area contributed by atoms with Crippen molar-refractivity contribution in [1.82, 2.24) is 4.72 Å². The second kappa shape index (κ2) is 6.84. The maximum atomic E-state index is 10.5. The van der Waals surface area contributed by atoms with Gasteiger partial charge in [0, 0.05) is 6.54 Å². The predicted molar refractivity (Wildman–Crippen MR) is 48.4 cm³/mol. The third-order valence-electron chi connectivity index (χ3n) is 0.995. The summed E-state index contributed by atoms with van der Waals surface area (Å²) in [5, 5.41) is 0. The van der Waals surface area contributed by atoms with E-state index in [0.717, 1.165) is 19.1 Å². The van der Waals surface area contributed by atoms with Crippen molar-refractivity contribution in [2.45, 2.75) is 12.8 Å². The van der Waals surface area contributed by atoms with E-state index in [1.807, 2.05) is 0 Å². The van der Waals surface area contributed by atoms with E-state index in [9.17, 15) is 8.42 Å². The SMILES string of the molecule is CS(=O)(=O)NCCCCN.Cl. The van der Waals surface area contributed by atoms with Crippen molar-refractivity contribution >= 4 is 22.4 Å². The Hall–Kier alpha value is 0.160. The van der Waals surface area contributed by atoms with Gasteiger partial charge in [-0.1, -0.05) is 0 Å². The molecule has 0 saturated carbocycles. The maximum Gasteiger partial charge on any atom is 0.208 e. The van der Waals surface area contributed by atoms with Crippen LogP contribution in [0.5, 0.6) is 0 Å². The molecule has 11 heavy (non-hydrogen) atoms. The summed E-state index contributed by atoms with van der Waals surface area (Å²) < 4.78 is 23.3. The third kappa shape index (κ3) is 13.2. The first-order chi connectivity index (χ1) is 4.56. The van der Waals surface area contributed by atoms with Crippen LogP contribution in [0.15, 0.2) is 0 Å². The summed E-state index contributed by atoms with van der Waals surface area (Å²) in [5.41, 5.74) is 5.20. The Bertz CT molecular complexity index is 169. The molecule has 0 aromatic carbocycles. The lowest BCUT2D eigenvalue weighted by Crippen LogP contribution is -2.23. The topological polar surface area (TPSA) is 72.2 Å². The van der Waals surface area contributed by atoms with Gasteiger partial charge in [0.1, 0.15) is 0 Å². The Morgan fingerprint density at radius 2 is 1.91 bits per heavy atom. The highest BCUT2D eigenvalue weighted by molar-refractivity contribution is 7.88. The zero-order valence-corrected chi connectivity index (χ0v) is 8.17. The molecule has 0 aliphatic heterocycles. The van der Waals surface area contributed by atoms with Crippen molar-refractivity contribution in [2.24, 2.45) is 5.73 Å². The zero-order chi connectivity index (χ0) is 8.04. The van der Waals surface area contributed by atoms with Gasteiger partial charge in [-0.15, -0.1) is 12.4 Å². The molecule has 0 amide bonds. The molecule has 0 unspecified atom stereocenters. The fourth-order valence-corrected chi connectivity index (χ4v) is 1.04. The standard InChI is InChI=1S/C5H14N2O2S.ClH/c1-10(8,9)7-5-3-2-4-6;/h7H,2-6H2,1H3;1H. The number of hydrogen-bond acceptors (Lipinski definition) is 3. The van der Waals surface area contributed by atoms with Crippen LogP contribution in [0.25, 0.3) is 0 Å². The molecule has 6 heteroatoms. The van der Waals surface area contributed by atoms with Crippen molar-refractivity contribution in [2.75, 3.05) is 19.3 Å². The fourth-order valence-electron chi connectivity index (χ4n) is 0.527. The lowest BCUT2D eigenvalue weighted by molar-refractivity contribution is 0.583. The largest absolute Gasteiger partial charge is 0.330 e. The minimum absolute atomic E-state index is 0. The summed E-state index contributed by atoms with van der Waals surface area (Å²) in [6.45, 7) is 1.11. The first-order valence-electron chi connectivity index (χ1n) is 3.21. The number of halogens is 1. The molecule has 70 valence electrons. The van der Waals surface area contributed by atoms with Crippen LogP contribution < -0.4 is 10.5 Å². The number of nitrogens with one attached hydrogen (secondary N) is 1. The quantitative estimate of drug-likeness (QED) is 0.602. The fraction of sp³-hybridized carbons (Fsp3) is 1.00. The molecule has 0 aliphatic carbocycles. The highest BCUT2D eigenvalue weighted by Crippen LogP contribution is 1.83. The molecule has 0 aromatic heterocycles. The van der Waals surface area contributed by atoms with E-state index in [-0.39, 0.29) is 12.4 Å². The first kappa shape index (κ1) is 13.7. The van der Waals surface area contributed by atoms with Crippen LogP contribution in [0, 0.1) is 0 Å². The average molecular weight is 203 g/mol. The molecule has 0 rings (SSSR count). The van der Waals surface area contributed by atoms with Gasteiger partial charge in [-0.05, 0) is 19.4 Å². The number of hydrogen-bond donors (Lipinski definition) is 2. The molecule has 0 heterocycles. The van der Waals surface area contributed by atoms with E-state index in [4.69, 9.17) is 5.73 Å². The summed E-state index contributed by atoms with van der Waals surface area (Å²) in [6, 6.07) is 0. The normalized spacial score (nSPS) is 10.7. The molecule has 0 aromatic rings. The van der Waals surface area contributed by atoms with E-state index in [0.29, 0.717) is 13.1 Å². The van der Waals surface area contributed by atoms with E-state index < -0.39 is 10.0 Å². The average Bonchev–Trinajstić information content (AvgIpc) is 1.78. The number of sulfonamides is 1. The van der Waals surface area contributed by atoms with Crippen LogP contribution in [-0.4, -0.2) is 27.8 Å². The van der Waals surface area contributed by atoms with Gasteiger partial charge in [0.25, 0.3) is 0 Å². The molecular formula is C5H15ClN2O2S. The number of unbranched alkanes of at least 4 members (excludes halogenated alkanes) is 1. The Morgan fingerprint density at radius 1 is 1.36 bits per heavy atom. The molecule has 0 spiro atoms. The summed E-state index contributed by atoms with van der Waals surface area (Å²) in [6.07, 6.45) is 2.82. The summed E-state index contributed by atoms with van der Waals surface area (Å²) in [5.74, 6) is 0. The second-order valence-corrected chi connectivity index (χ2v) is 4.00. The highest BCUT2D eigenvalue weighted by Gasteiger charge is 1.96. The summed E-state index contributed by atoms with van der Waals surface area (Å²) in [7, 11) is -3.00. The Labute approximate surface area is 74.0 Å². The molecule has 0 fully saturated rings. The van der Waals surface area contributed by atoms with Crippen LogP contribution in [-0.2, 0) is 10.0 Å². The van der Waals surface area contributed by atoms with Gasteiger partial charge in [-0.2, -0.15) is 0 Å². The summed E-state index contributed by atoms with van der Waals surface area (Å²) in [4.78, 5) is 0. The molecule has 0 bridgehead atoms. The molecular weight excluding hydrogens is 188 g/mol. The predicted octanol–water partition coefficient (Wildman–Crippen LogP) is -0.304. The number of nitrogens with two attached hydrogens (primary N) is 1. The van der Waals surface area contributed by atoms with Crippen molar-refractivity contribution in [3.8, 4) is 0 Å². The van der Waals surface area contributed by atoms with Gasteiger partial charge in [0.05, 0.1) is 6.26 Å². The maximum absolute atomic E-state index is 10.5. The first-order valence-corrected chi connectivity index (χ1v) is 5.10. The smallest absolute Gasteiger partial charge is 0.208 e. The molecule has 4 nitrogen and oxygen atoms in total. The monoisotopic (exact) mass is 202 g/mol. The minimum atomic E-state index is -3.00. The molecule has 0 aliphatic rings. The third-order valence-corrected chi connectivity index (χ3v) is 1.72. The lowest BCUT2D eigenvalue weighted by atomic mass is 10.3. The summed E-state index contributed by atoms with van der Waals surface area (Å²) >= 11 is 0. The van der Waals surface area contributed by atoms with Crippen LogP contribution >= 0.6 is 12.4 Å². The molecule has 3 N–H and O–H groups in total. The van der Waals surface area contributed by atoms with Gasteiger partial charge < -0.3 is 5.73 Å². The molecule has 0 saturated heterocycles. The Morgan fingerprint density at radius 3 is 2.27 bits per heavy atom. The Balaban J connectivity index is 0. The van der Waals surface area contributed by atoms with Crippen LogP contribution in [0.3, 0.4) is 0 Å². The van der Waals surface area contributed by atoms with Crippen molar-refractivity contribution in [3.05, 3.63) is 0 Å². The molecule has 0 radical (unpaired) electrons. The van der Waals surface area contributed by atoms with Gasteiger partial charge in [-0.3, -0.25) is 0 Å². The van der Waals surface area contributed by atoms with Gasteiger partial charge in [0.15, 0.2) is 0 Å². The van der Waals surface area contributed by atoms with E-state index in [1.54, 1.807) is 0 Å². The molecule has 0 atom stereocenters. The minimum Gasteiger partial charge on any atom is -0.330 e. The van der Waals surface area contributed by atoms with Crippen LogP contribution in [0.2, 0.25) is 0 Å². The highest BCUT2D eigenvalue weighted by atomic mass is 35.5. The van der Waals surface area contributed by atoms with E-state index in [2.05, 4.69) is 4.72 Å². The number of rotatable bonds is 5. The van der Waals surface area contributed by atoms with Crippen molar-refractivity contribution < 1.29 is 8.42 Å². The van der Waals surface area contributed by atoms with Crippen molar-refractivity contribution in [3.63, 3.8) is 0 Å². The van der Waals surface area contributed by atoms with Crippen LogP contribution in [0.1, 0.15) is 12.8 Å². The van der Waals surface area contributed by atoms with Gasteiger partial charge in [-0.25, -0.2) is 13.1 Å². The second-order valence-electron chi connectivity index (χ2n) is 2.16. The van der Waals surface area contributed by atoms with Gasteiger partial charge >= 0.3 is 0 Å². The van der Waals surface area contributed by atoms with Crippen LogP contribution in [0.4, 0.5) is 0 Å². The Kier molecular flexibility index (Phi) is 8.54. The van der Waals surface area contributed by atoms with E-state index in [1.165, 1.54) is 0 Å².